The van der Waals surface area contributed by atoms with Crippen LogP contribution in [-0.4, -0.2) is 56.9 Å². The van der Waals surface area contributed by atoms with Crippen LogP contribution in [0.2, 0.25) is 0 Å². The van der Waals surface area contributed by atoms with Gasteiger partial charge in [-0.25, -0.2) is 5.43 Å². The molecule has 0 aliphatic carbocycles. The summed E-state index contributed by atoms with van der Waals surface area (Å²) < 4.78 is 17.2. The Morgan fingerprint density at radius 1 is 1.08 bits per heavy atom. The Bertz CT molecular complexity index is 1090. The number of carbonyl (C=O) groups excluding carboxylic acids is 3. The zero-order valence-electron chi connectivity index (χ0n) is 20.7. The van der Waals surface area contributed by atoms with Crippen molar-refractivity contribution >= 4 is 45.6 Å². The maximum Gasteiger partial charge on any atom is 0.329 e. The number of nitrogens with one attached hydrogen (secondary N) is 3. The molecule has 3 N–H and O–H groups in total. The van der Waals surface area contributed by atoms with Gasteiger partial charge in [-0.1, -0.05) is 15.9 Å². The average molecular weight is 563 g/mol. The van der Waals surface area contributed by atoms with Gasteiger partial charge in [-0.3, -0.25) is 14.4 Å². The van der Waals surface area contributed by atoms with Crippen LogP contribution in [0.4, 0.5) is 5.69 Å². The van der Waals surface area contributed by atoms with E-state index in [-0.39, 0.29) is 18.6 Å². The second kappa shape index (κ2) is 14.8. The highest BCUT2D eigenvalue weighted by atomic mass is 79.9. The molecule has 0 fully saturated rings. The van der Waals surface area contributed by atoms with Gasteiger partial charge in [0.2, 0.25) is 0 Å². The van der Waals surface area contributed by atoms with Gasteiger partial charge in [0, 0.05) is 23.3 Å². The molecule has 0 saturated heterocycles. The molecule has 2 aromatic rings. The number of hydrogen-bond donors (Lipinski definition) is 3. The maximum absolute atomic E-state index is 12.3. The minimum absolute atomic E-state index is 0.115. The van der Waals surface area contributed by atoms with Gasteiger partial charge in [-0.2, -0.15) is 5.10 Å². The fourth-order valence-corrected chi connectivity index (χ4v) is 3.35. The third-order valence-corrected chi connectivity index (χ3v) is 5.15. The first-order valence-corrected chi connectivity index (χ1v) is 12.1. The Labute approximate surface area is 218 Å². The second-order valence-corrected chi connectivity index (χ2v) is 8.85. The Balaban J connectivity index is 1.83. The van der Waals surface area contributed by atoms with E-state index in [2.05, 4.69) is 37.1 Å². The van der Waals surface area contributed by atoms with Crippen LogP contribution in [0.1, 0.15) is 31.4 Å². The minimum atomic E-state index is -0.880. The fraction of sp³-hybridized carbons (Fsp3) is 0.360. The van der Waals surface area contributed by atoms with E-state index in [9.17, 15) is 14.4 Å². The van der Waals surface area contributed by atoms with Gasteiger partial charge in [0.1, 0.15) is 0 Å². The van der Waals surface area contributed by atoms with Gasteiger partial charge in [0.25, 0.3) is 5.91 Å². The molecule has 36 heavy (non-hydrogen) atoms. The van der Waals surface area contributed by atoms with Crippen LogP contribution in [0.25, 0.3) is 0 Å². The quantitative estimate of drug-likeness (QED) is 0.158. The summed E-state index contributed by atoms with van der Waals surface area (Å²) >= 11 is 3.39. The third-order valence-electron chi connectivity index (χ3n) is 4.65. The molecular formula is C25H31BrN4O6. The summed E-state index contributed by atoms with van der Waals surface area (Å²) in [7, 11) is 1.46. The molecule has 0 aliphatic heterocycles. The molecule has 11 heteroatoms. The molecule has 194 valence electrons. The average Bonchev–Trinajstić information content (AvgIpc) is 2.84. The Hall–Kier alpha value is -3.44. The first kappa shape index (κ1) is 28.8. The molecule has 0 bridgehead atoms. The second-order valence-electron chi connectivity index (χ2n) is 7.93. The van der Waals surface area contributed by atoms with Crippen LogP contribution in [-0.2, 0) is 19.1 Å². The molecule has 2 rings (SSSR count). The monoisotopic (exact) mass is 562 g/mol. The number of hydrazone groups is 1. The number of hydrogen-bond acceptors (Lipinski definition) is 7. The normalized spacial score (nSPS) is 10.8. The summed E-state index contributed by atoms with van der Waals surface area (Å²) in [6.45, 7) is 6.34. The molecule has 0 aliphatic rings. The zero-order chi connectivity index (χ0) is 26.5. The number of aryl methyl sites for hydroxylation is 1. The van der Waals surface area contributed by atoms with Crippen molar-refractivity contribution in [1.82, 2.24) is 10.7 Å². The van der Waals surface area contributed by atoms with Crippen molar-refractivity contribution in [2.24, 2.45) is 5.10 Å². The molecule has 0 spiro atoms. The summed E-state index contributed by atoms with van der Waals surface area (Å²) in [5.74, 6) is -1.24. The van der Waals surface area contributed by atoms with Crippen LogP contribution >= 0.6 is 15.9 Å². The number of benzene rings is 2. The van der Waals surface area contributed by atoms with Crippen LogP contribution in [0.3, 0.4) is 0 Å². The lowest BCUT2D eigenvalue weighted by Gasteiger charge is -2.12. The number of anilines is 1. The van der Waals surface area contributed by atoms with E-state index in [0.717, 1.165) is 10.0 Å². The van der Waals surface area contributed by atoms with E-state index in [1.165, 1.54) is 13.3 Å². The van der Waals surface area contributed by atoms with E-state index >= 15 is 0 Å². The van der Waals surface area contributed by atoms with Crippen LogP contribution < -0.4 is 25.5 Å². The molecule has 0 heterocycles. The van der Waals surface area contributed by atoms with E-state index < -0.39 is 11.8 Å². The number of rotatable bonds is 12. The molecule has 2 aromatic carbocycles. The molecule has 0 atom stereocenters. The number of carbonyl (C=O) groups is 3. The standard InChI is InChI=1S/C25H31BrN4O6/c1-16(2)35-11-5-10-27-24(32)25(33)30-28-14-18-6-9-21(22(13-18)34-4)36-15-23(31)29-20-8-7-19(26)12-17(20)3/h6-9,12-14,16H,5,10-11,15H2,1-4H3,(H,27,32)(H,29,31)(H,30,33)/b28-14-. The molecule has 0 radical (unpaired) electrons. The highest BCUT2D eigenvalue weighted by molar-refractivity contribution is 9.10. The molecule has 0 saturated carbocycles. The van der Waals surface area contributed by atoms with Crippen molar-refractivity contribution in [1.29, 1.82) is 0 Å². The predicted molar refractivity (Wildman–Crippen MR) is 140 cm³/mol. The predicted octanol–water partition coefficient (Wildman–Crippen LogP) is 3.17. The van der Waals surface area contributed by atoms with E-state index in [4.69, 9.17) is 14.2 Å². The van der Waals surface area contributed by atoms with E-state index in [1.54, 1.807) is 24.3 Å². The lowest BCUT2D eigenvalue weighted by Crippen LogP contribution is -2.38. The van der Waals surface area contributed by atoms with Crippen molar-refractivity contribution < 1.29 is 28.6 Å². The first-order chi connectivity index (χ1) is 17.2. The van der Waals surface area contributed by atoms with Gasteiger partial charge in [-0.15, -0.1) is 0 Å². The summed E-state index contributed by atoms with van der Waals surface area (Å²) in [5.41, 5.74) is 4.37. The smallest absolute Gasteiger partial charge is 0.329 e. The maximum atomic E-state index is 12.3. The van der Waals surface area contributed by atoms with Crippen molar-refractivity contribution in [2.45, 2.75) is 33.3 Å². The molecule has 10 nitrogen and oxygen atoms in total. The van der Waals surface area contributed by atoms with Gasteiger partial charge < -0.3 is 24.8 Å². The lowest BCUT2D eigenvalue weighted by atomic mass is 10.2. The largest absolute Gasteiger partial charge is 0.493 e. The van der Waals surface area contributed by atoms with Crippen LogP contribution in [0.15, 0.2) is 46.0 Å². The number of halogens is 1. The van der Waals surface area contributed by atoms with Crippen molar-refractivity contribution in [3.63, 3.8) is 0 Å². The van der Waals surface area contributed by atoms with Crippen molar-refractivity contribution in [3.05, 3.63) is 52.0 Å². The van der Waals surface area contributed by atoms with Gasteiger partial charge in [0.15, 0.2) is 18.1 Å². The van der Waals surface area contributed by atoms with Gasteiger partial charge in [0.05, 0.1) is 19.4 Å². The van der Waals surface area contributed by atoms with Crippen LogP contribution in [0, 0.1) is 6.92 Å². The van der Waals surface area contributed by atoms with Crippen LogP contribution in [0.5, 0.6) is 11.5 Å². The third kappa shape index (κ3) is 10.0. The molecule has 0 unspecified atom stereocenters. The fourth-order valence-electron chi connectivity index (χ4n) is 2.87. The summed E-state index contributed by atoms with van der Waals surface area (Å²) in [6.07, 6.45) is 2.07. The van der Waals surface area contributed by atoms with Gasteiger partial charge >= 0.3 is 11.8 Å². The lowest BCUT2D eigenvalue weighted by molar-refractivity contribution is -0.139. The summed E-state index contributed by atoms with van der Waals surface area (Å²) in [5, 5.41) is 9.10. The van der Waals surface area contributed by atoms with E-state index in [1.807, 2.05) is 32.9 Å². The topological polar surface area (TPSA) is 127 Å². The molecule has 3 amide bonds. The summed E-state index contributed by atoms with van der Waals surface area (Å²) in [4.78, 5) is 35.9. The summed E-state index contributed by atoms with van der Waals surface area (Å²) in [6, 6.07) is 10.4. The highest BCUT2D eigenvalue weighted by Gasteiger charge is 2.12. The number of methoxy groups -OCH3 is 1. The molecular weight excluding hydrogens is 532 g/mol. The number of ether oxygens (including phenoxy) is 3. The zero-order valence-corrected chi connectivity index (χ0v) is 22.3. The highest BCUT2D eigenvalue weighted by Crippen LogP contribution is 2.27. The van der Waals surface area contributed by atoms with Crippen molar-refractivity contribution in [3.8, 4) is 11.5 Å². The van der Waals surface area contributed by atoms with Crippen molar-refractivity contribution in [2.75, 3.05) is 32.2 Å². The number of nitrogens with zero attached hydrogens (tertiary/aromatic N) is 1. The Morgan fingerprint density at radius 2 is 1.86 bits per heavy atom. The Kier molecular flexibility index (Phi) is 11.9. The first-order valence-electron chi connectivity index (χ1n) is 11.3. The number of amides is 3. The van der Waals surface area contributed by atoms with Gasteiger partial charge in [-0.05, 0) is 74.7 Å². The van der Waals surface area contributed by atoms with E-state index in [0.29, 0.717) is 42.3 Å². The molecule has 0 aromatic heterocycles. The minimum Gasteiger partial charge on any atom is -0.493 e. The Morgan fingerprint density at radius 3 is 2.56 bits per heavy atom. The SMILES string of the molecule is COc1cc(/C=N\NC(=O)C(=O)NCCCOC(C)C)ccc1OCC(=O)Nc1ccc(Br)cc1C.